The number of pyridine rings is 1. The van der Waals surface area contributed by atoms with Gasteiger partial charge in [0.05, 0.1) is 6.61 Å². The molecule has 2 heterocycles. The molecule has 0 unspecified atom stereocenters. The lowest BCUT2D eigenvalue weighted by Gasteiger charge is -2.06. The van der Waals surface area contributed by atoms with E-state index in [0.29, 0.717) is 12.4 Å². The number of aryl methyl sites for hydroxylation is 1. The van der Waals surface area contributed by atoms with Gasteiger partial charge in [0, 0.05) is 30.4 Å². The summed E-state index contributed by atoms with van der Waals surface area (Å²) in [5.74, 6) is 0.677. The van der Waals surface area contributed by atoms with Crippen molar-refractivity contribution < 1.29 is 4.74 Å². The predicted molar refractivity (Wildman–Crippen MR) is 61.4 cm³/mol. The van der Waals surface area contributed by atoms with E-state index in [4.69, 9.17) is 4.74 Å². The maximum absolute atomic E-state index is 5.34. The first-order valence-corrected chi connectivity index (χ1v) is 4.95. The van der Waals surface area contributed by atoms with Gasteiger partial charge >= 0.3 is 0 Å². The summed E-state index contributed by atoms with van der Waals surface area (Å²) in [6.07, 6.45) is 3.78. The van der Waals surface area contributed by atoms with Crippen LogP contribution in [0.25, 0.3) is 16.8 Å². The third kappa shape index (κ3) is 1.73. The molecule has 2 rings (SSSR count). The van der Waals surface area contributed by atoms with Gasteiger partial charge in [-0.15, -0.1) is 0 Å². The topological polar surface area (TPSA) is 27.1 Å². The number of hydrogen-bond acceptors (Lipinski definition) is 2. The van der Waals surface area contributed by atoms with Crippen molar-refractivity contribution in [1.82, 2.24) is 9.55 Å². The zero-order chi connectivity index (χ0) is 10.8. The van der Waals surface area contributed by atoms with Crippen LogP contribution in [-0.4, -0.2) is 16.2 Å². The maximum Gasteiger partial charge on any atom is 0.139 e. The molecule has 0 aliphatic carbocycles. The number of aromatic nitrogens is 2. The van der Waals surface area contributed by atoms with Crippen molar-refractivity contribution in [3.8, 4) is 0 Å². The van der Waals surface area contributed by atoms with Crippen molar-refractivity contribution in [2.24, 2.45) is 7.05 Å². The van der Waals surface area contributed by atoms with Crippen LogP contribution < -0.4 is 0 Å². The van der Waals surface area contributed by atoms with Gasteiger partial charge in [-0.2, -0.15) is 0 Å². The molecule has 0 amide bonds. The molecule has 0 aromatic carbocycles. The molecular weight excluding hydrogens is 188 g/mol. The molecule has 0 radical (unpaired) electrons. The Kier molecular flexibility index (Phi) is 2.46. The Bertz CT molecular complexity index is 499. The van der Waals surface area contributed by atoms with Crippen LogP contribution in [-0.2, 0) is 11.8 Å². The molecule has 0 aliphatic rings. The van der Waals surface area contributed by atoms with E-state index in [2.05, 4.69) is 11.6 Å². The molecule has 3 nitrogen and oxygen atoms in total. The molecular formula is C12H14N2O. The minimum atomic E-state index is 0.631. The van der Waals surface area contributed by atoms with Gasteiger partial charge in [0.15, 0.2) is 0 Å². The molecule has 78 valence electrons. The molecule has 0 saturated heterocycles. The highest BCUT2D eigenvalue weighted by Crippen LogP contribution is 2.19. The van der Waals surface area contributed by atoms with E-state index in [1.165, 1.54) is 0 Å². The number of fused-ring (bicyclic) bond motifs is 1. The van der Waals surface area contributed by atoms with Gasteiger partial charge in [-0.05, 0) is 19.1 Å². The number of rotatable bonds is 3. The normalized spacial score (nSPS) is 10.5. The molecule has 0 N–H and O–H groups in total. The number of nitrogens with zero attached hydrogens (tertiary/aromatic N) is 2. The number of hydrogen-bond donors (Lipinski definition) is 0. The Balaban J connectivity index is 2.43. The van der Waals surface area contributed by atoms with Crippen LogP contribution in [0.15, 0.2) is 31.1 Å². The zero-order valence-electron chi connectivity index (χ0n) is 9.03. The van der Waals surface area contributed by atoms with Crippen LogP contribution in [0, 0.1) is 0 Å². The molecule has 0 aliphatic heterocycles. The van der Waals surface area contributed by atoms with Gasteiger partial charge < -0.3 is 9.30 Å². The lowest BCUT2D eigenvalue weighted by molar-refractivity contribution is 0.299. The summed E-state index contributed by atoms with van der Waals surface area (Å²) in [5, 5.41) is 1.11. The summed E-state index contributed by atoms with van der Waals surface area (Å²) < 4.78 is 7.33. The third-order valence-electron chi connectivity index (χ3n) is 2.35. The van der Waals surface area contributed by atoms with E-state index in [1.54, 1.807) is 6.20 Å². The largest absolute Gasteiger partial charge is 0.494 e. The monoisotopic (exact) mass is 202 g/mol. The molecule has 0 fully saturated rings. The van der Waals surface area contributed by atoms with Crippen LogP contribution in [0.3, 0.4) is 0 Å². The summed E-state index contributed by atoms with van der Waals surface area (Å²) in [4.78, 5) is 4.37. The standard InChI is InChI=1S/C12H14N2O/c1-4-15-9(2)11-7-10-5-6-14(3)12(10)13-8-11/h5-8H,2,4H2,1,3H3. The minimum Gasteiger partial charge on any atom is -0.494 e. The van der Waals surface area contributed by atoms with Crippen molar-refractivity contribution >= 4 is 16.8 Å². The fourth-order valence-corrected chi connectivity index (χ4v) is 1.56. The van der Waals surface area contributed by atoms with Crippen molar-refractivity contribution in [3.05, 3.63) is 36.7 Å². The second-order valence-electron chi connectivity index (χ2n) is 3.42. The Morgan fingerprint density at radius 1 is 1.60 bits per heavy atom. The maximum atomic E-state index is 5.34. The van der Waals surface area contributed by atoms with E-state index in [1.807, 2.05) is 36.9 Å². The van der Waals surface area contributed by atoms with E-state index in [0.717, 1.165) is 16.6 Å². The fourth-order valence-electron chi connectivity index (χ4n) is 1.56. The average Bonchev–Trinajstić information content (AvgIpc) is 2.60. The van der Waals surface area contributed by atoms with Crippen LogP contribution >= 0.6 is 0 Å². The Labute approximate surface area is 89.0 Å². The van der Waals surface area contributed by atoms with Gasteiger partial charge in [-0.1, -0.05) is 6.58 Å². The highest BCUT2D eigenvalue weighted by molar-refractivity contribution is 5.79. The van der Waals surface area contributed by atoms with Gasteiger partial charge in [0.1, 0.15) is 11.4 Å². The fraction of sp³-hybridized carbons (Fsp3) is 0.250. The highest BCUT2D eigenvalue weighted by atomic mass is 16.5. The van der Waals surface area contributed by atoms with Crippen LogP contribution in [0.2, 0.25) is 0 Å². The molecule has 0 saturated carbocycles. The van der Waals surface area contributed by atoms with Crippen LogP contribution in [0.1, 0.15) is 12.5 Å². The molecule has 0 bridgehead atoms. The van der Waals surface area contributed by atoms with Gasteiger partial charge in [-0.25, -0.2) is 4.98 Å². The van der Waals surface area contributed by atoms with Crippen LogP contribution in [0.5, 0.6) is 0 Å². The molecule has 3 heteroatoms. The van der Waals surface area contributed by atoms with Crippen molar-refractivity contribution in [3.63, 3.8) is 0 Å². The highest BCUT2D eigenvalue weighted by Gasteiger charge is 2.04. The summed E-state index contributed by atoms with van der Waals surface area (Å²) >= 11 is 0. The average molecular weight is 202 g/mol. The summed E-state index contributed by atoms with van der Waals surface area (Å²) in [6, 6.07) is 4.07. The number of ether oxygens (including phenoxy) is 1. The minimum absolute atomic E-state index is 0.631. The lowest BCUT2D eigenvalue weighted by atomic mass is 10.2. The first-order valence-electron chi connectivity index (χ1n) is 4.95. The van der Waals surface area contributed by atoms with E-state index in [9.17, 15) is 0 Å². The molecule has 0 atom stereocenters. The lowest BCUT2D eigenvalue weighted by Crippen LogP contribution is -1.92. The quantitative estimate of drug-likeness (QED) is 0.715. The predicted octanol–water partition coefficient (Wildman–Crippen LogP) is 2.58. The Morgan fingerprint density at radius 2 is 2.40 bits per heavy atom. The molecule has 2 aromatic heterocycles. The first kappa shape index (κ1) is 9.77. The molecule has 2 aromatic rings. The summed E-state index contributed by atoms with van der Waals surface area (Å²) in [6.45, 7) is 6.43. The van der Waals surface area contributed by atoms with Crippen molar-refractivity contribution in [2.45, 2.75) is 6.92 Å². The van der Waals surface area contributed by atoms with E-state index in [-0.39, 0.29) is 0 Å². The SMILES string of the molecule is C=C(OCC)c1cnc2c(ccn2C)c1. The first-order chi connectivity index (χ1) is 7.22. The van der Waals surface area contributed by atoms with Gasteiger partial charge in [-0.3, -0.25) is 0 Å². The third-order valence-corrected chi connectivity index (χ3v) is 2.35. The van der Waals surface area contributed by atoms with Crippen molar-refractivity contribution in [1.29, 1.82) is 0 Å². The smallest absolute Gasteiger partial charge is 0.139 e. The molecule has 0 spiro atoms. The van der Waals surface area contributed by atoms with Gasteiger partial charge in [0.25, 0.3) is 0 Å². The summed E-state index contributed by atoms with van der Waals surface area (Å²) in [5.41, 5.74) is 1.92. The zero-order valence-corrected chi connectivity index (χ0v) is 9.03. The van der Waals surface area contributed by atoms with E-state index < -0.39 is 0 Å². The Morgan fingerprint density at radius 3 is 3.13 bits per heavy atom. The van der Waals surface area contributed by atoms with E-state index >= 15 is 0 Å². The van der Waals surface area contributed by atoms with Crippen molar-refractivity contribution in [2.75, 3.05) is 6.61 Å². The second kappa shape index (κ2) is 3.77. The Hall–Kier alpha value is -1.77. The second-order valence-corrected chi connectivity index (χ2v) is 3.42. The summed E-state index contributed by atoms with van der Waals surface area (Å²) in [7, 11) is 1.98. The van der Waals surface area contributed by atoms with Crippen LogP contribution in [0.4, 0.5) is 0 Å². The molecule has 15 heavy (non-hydrogen) atoms. The van der Waals surface area contributed by atoms with Gasteiger partial charge in [0.2, 0.25) is 0 Å².